The van der Waals surface area contributed by atoms with E-state index >= 15 is 0 Å². The lowest BCUT2D eigenvalue weighted by atomic mass is 9.84. The summed E-state index contributed by atoms with van der Waals surface area (Å²) in [5, 5.41) is 7.01. The standard InChI is InChI=1S/C25H33N3O/c1-24(2,3)21-12-10-19(11-13-21)17-25(28-29-22-8-6-15-26-18-22)23-9-5-4-7-20(23)14-16-27-25/h4-5,7,9-14,16,22,26-28H,6,8,15,17-18H2,1-3H3. The number of rotatable bonds is 5. The second-order valence-corrected chi connectivity index (χ2v) is 9.28. The molecule has 2 aliphatic rings. The van der Waals surface area contributed by atoms with Crippen LogP contribution in [0.5, 0.6) is 0 Å². The van der Waals surface area contributed by atoms with Crippen molar-refractivity contribution in [3.05, 3.63) is 77.0 Å². The zero-order valence-electron chi connectivity index (χ0n) is 17.8. The fourth-order valence-corrected chi connectivity index (χ4v) is 4.18. The Hall–Kier alpha value is -2.14. The van der Waals surface area contributed by atoms with Crippen molar-refractivity contribution in [1.29, 1.82) is 0 Å². The maximum atomic E-state index is 6.22. The van der Waals surface area contributed by atoms with Crippen molar-refractivity contribution in [1.82, 2.24) is 16.1 Å². The van der Waals surface area contributed by atoms with E-state index in [9.17, 15) is 0 Å². The number of hydrogen-bond donors (Lipinski definition) is 3. The average Bonchev–Trinajstić information content (AvgIpc) is 2.73. The fraction of sp³-hybridized carbons (Fsp3) is 0.440. The van der Waals surface area contributed by atoms with E-state index in [0.29, 0.717) is 0 Å². The molecule has 2 aliphatic heterocycles. The maximum Gasteiger partial charge on any atom is 0.141 e. The van der Waals surface area contributed by atoms with E-state index in [2.05, 4.69) is 91.5 Å². The van der Waals surface area contributed by atoms with Gasteiger partial charge in [0.1, 0.15) is 5.66 Å². The Morgan fingerprint density at radius 1 is 1.10 bits per heavy atom. The molecule has 2 unspecified atom stereocenters. The Morgan fingerprint density at radius 2 is 1.90 bits per heavy atom. The molecule has 0 saturated carbocycles. The molecule has 0 amide bonds. The van der Waals surface area contributed by atoms with Gasteiger partial charge in [-0.25, -0.2) is 0 Å². The van der Waals surface area contributed by atoms with Gasteiger partial charge in [0.2, 0.25) is 0 Å². The van der Waals surface area contributed by atoms with Crippen molar-refractivity contribution >= 4 is 6.08 Å². The van der Waals surface area contributed by atoms with Crippen molar-refractivity contribution in [2.75, 3.05) is 13.1 Å². The maximum absolute atomic E-state index is 6.22. The Kier molecular flexibility index (Phi) is 5.77. The topological polar surface area (TPSA) is 45.3 Å². The average molecular weight is 392 g/mol. The van der Waals surface area contributed by atoms with Crippen LogP contribution in [-0.4, -0.2) is 19.2 Å². The summed E-state index contributed by atoms with van der Waals surface area (Å²) >= 11 is 0. The molecule has 4 heteroatoms. The van der Waals surface area contributed by atoms with Gasteiger partial charge in [0.15, 0.2) is 0 Å². The van der Waals surface area contributed by atoms with Gasteiger partial charge in [-0.2, -0.15) is 5.48 Å². The minimum absolute atomic E-state index is 0.157. The summed E-state index contributed by atoms with van der Waals surface area (Å²) < 4.78 is 0. The van der Waals surface area contributed by atoms with Crippen LogP contribution in [-0.2, 0) is 22.3 Å². The van der Waals surface area contributed by atoms with E-state index < -0.39 is 5.66 Å². The normalized spacial score (nSPS) is 24.0. The van der Waals surface area contributed by atoms with Crippen LogP contribution in [0.3, 0.4) is 0 Å². The van der Waals surface area contributed by atoms with Crippen LogP contribution in [0.1, 0.15) is 55.9 Å². The summed E-state index contributed by atoms with van der Waals surface area (Å²) in [4.78, 5) is 6.22. The van der Waals surface area contributed by atoms with Crippen LogP contribution in [0.15, 0.2) is 54.7 Å². The predicted molar refractivity (Wildman–Crippen MR) is 119 cm³/mol. The third-order valence-electron chi connectivity index (χ3n) is 5.95. The molecular formula is C25H33N3O. The highest BCUT2D eigenvalue weighted by Crippen LogP contribution is 2.32. The predicted octanol–water partition coefficient (Wildman–Crippen LogP) is 4.23. The van der Waals surface area contributed by atoms with Crippen LogP contribution in [0.25, 0.3) is 6.08 Å². The van der Waals surface area contributed by atoms with E-state index in [4.69, 9.17) is 4.84 Å². The largest absolute Gasteiger partial charge is 0.368 e. The van der Waals surface area contributed by atoms with Gasteiger partial charge in [-0.3, -0.25) is 4.84 Å². The highest BCUT2D eigenvalue weighted by Gasteiger charge is 2.36. The Balaban J connectivity index is 1.61. The van der Waals surface area contributed by atoms with Gasteiger partial charge in [0.25, 0.3) is 0 Å². The van der Waals surface area contributed by atoms with Gasteiger partial charge in [-0.05, 0) is 53.8 Å². The molecule has 0 spiro atoms. The quantitative estimate of drug-likeness (QED) is 0.668. The Bertz CT molecular complexity index is 847. The summed E-state index contributed by atoms with van der Waals surface area (Å²) in [6, 6.07) is 17.5. The molecule has 0 bridgehead atoms. The van der Waals surface area contributed by atoms with Gasteiger partial charge in [-0.1, -0.05) is 69.3 Å². The summed E-state index contributed by atoms with van der Waals surface area (Å²) in [5.74, 6) is 0. The molecule has 4 nitrogen and oxygen atoms in total. The van der Waals surface area contributed by atoms with Crippen LogP contribution in [0.4, 0.5) is 0 Å². The van der Waals surface area contributed by atoms with Crippen molar-refractivity contribution < 1.29 is 4.84 Å². The van der Waals surface area contributed by atoms with Crippen molar-refractivity contribution in [2.45, 2.75) is 57.2 Å². The van der Waals surface area contributed by atoms with Crippen LogP contribution < -0.4 is 16.1 Å². The first-order valence-electron chi connectivity index (χ1n) is 10.7. The number of piperidine rings is 1. The van der Waals surface area contributed by atoms with Gasteiger partial charge in [0, 0.05) is 18.5 Å². The summed E-state index contributed by atoms with van der Waals surface area (Å²) in [7, 11) is 0. The molecule has 2 atom stereocenters. The number of benzene rings is 2. The Morgan fingerprint density at radius 3 is 2.62 bits per heavy atom. The van der Waals surface area contributed by atoms with Gasteiger partial charge < -0.3 is 10.6 Å². The first-order valence-corrected chi connectivity index (χ1v) is 10.7. The van der Waals surface area contributed by atoms with Gasteiger partial charge in [0.05, 0.1) is 6.10 Å². The number of fused-ring (bicyclic) bond motifs is 1. The minimum Gasteiger partial charge on any atom is -0.368 e. The summed E-state index contributed by atoms with van der Waals surface area (Å²) in [5.41, 5.74) is 8.17. The molecule has 154 valence electrons. The van der Waals surface area contributed by atoms with Crippen LogP contribution in [0, 0.1) is 0 Å². The molecular weight excluding hydrogens is 358 g/mol. The first kappa shape index (κ1) is 20.1. The van der Waals surface area contributed by atoms with Crippen molar-refractivity contribution in [3.63, 3.8) is 0 Å². The molecule has 2 heterocycles. The molecule has 1 saturated heterocycles. The molecule has 3 N–H and O–H groups in total. The molecule has 0 radical (unpaired) electrons. The van der Waals surface area contributed by atoms with E-state index in [1.807, 2.05) is 6.20 Å². The molecule has 2 aromatic carbocycles. The van der Waals surface area contributed by atoms with Crippen LogP contribution in [0.2, 0.25) is 0 Å². The minimum atomic E-state index is -0.494. The fourth-order valence-electron chi connectivity index (χ4n) is 4.18. The lowest BCUT2D eigenvalue weighted by molar-refractivity contribution is -0.0899. The van der Waals surface area contributed by atoms with Crippen LogP contribution >= 0.6 is 0 Å². The highest BCUT2D eigenvalue weighted by molar-refractivity contribution is 5.58. The molecule has 1 fully saturated rings. The molecule has 2 aromatic rings. The molecule has 0 aromatic heterocycles. The SMILES string of the molecule is CC(C)(C)c1ccc(CC2(NOC3CCCNC3)NC=Cc3ccccc32)cc1. The molecule has 4 rings (SSSR count). The lowest BCUT2D eigenvalue weighted by Crippen LogP contribution is -2.56. The van der Waals surface area contributed by atoms with Crippen molar-refractivity contribution in [2.24, 2.45) is 0 Å². The summed E-state index contributed by atoms with van der Waals surface area (Å²) in [6.45, 7) is 8.72. The zero-order chi connectivity index (χ0) is 20.3. The number of hydroxylamine groups is 1. The molecule has 0 aliphatic carbocycles. The number of nitrogens with one attached hydrogen (secondary N) is 3. The smallest absolute Gasteiger partial charge is 0.141 e. The third kappa shape index (κ3) is 4.55. The van der Waals surface area contributed by atoms with Gasteiger partial charge >= 0.3 is 0 Å². The van der Waals surface area contributed by atoms with E-state index in [-0.39, 0.29) is 11.5 Å². The van der Waals surface area contributed by atoms with E-state index in [1.54, 1.807) is 0 Å². The summed E-state index contributed by atoms with van der Waals surface area (Å²) in [6.07, 6.45) is 7.36. The van der Waals surface area contributed by atoms with Gasteiger partial charge in [-0.15, -0.1) is 0 Å². The third-order valence-corrected chi connectivity index (χ3v) is 5.95. The lowest BCUT2D eigenvalue weighted by Gasteiger charge is -2.40. The van der Waals surface area contributed by atoms with E-state index in [0.717, 1.165) is 32.4 Å². The van der Waals surface area contributed by atoms with E-state index in [1.165, 1.54) is 22.3 Å². The Labute approximate surface area is 174 Å². The molecule has 29 heavy (non-hydrogen) atoms. The monoisotopic (exact) mass is 391 g/mol. The zero-order valence-corrected chi connectivity index (χ0v) is 17.8. The second-order valence-electron chi connectivity index (χ2n) is 9.28. The second kappa shape index (κ2) is 8.31. The number of hydrogen-bond acceptors (Lipinski definition) is 4. The van der Waals surface area contributed by atoms with Crippen molar-refractivity contribution in [3.8, 4) is 0 Å². The highest BCUT2D eigenvalue weighted by atomic mass is 16.7. The first-order chi connectivity index (χ1) is 14.0.